The maximum atomic E-state index is 7.01. The van der Waals surface area contributed by atoms with Gasteiger partial charge in [0.2, 0.25) is 5.88 Å². The smallest absolute Gasteiger partial charge is 0.224 e. The van der Waals surface area contributed by atoms with Gasteiger partial charge in [-0.3, -0.25) is 9.98 Å². The number of rotatable bonds is 6. The van der Waals surface area contributed by atoms with Crippen molar-refractivity contribution < 1.29 is 4.74 Å². The van der Waals surface area contributed by atoms with Gasteiger partial charge in [0.15, 0.2) is 0 Å². The molecule has 190 valence electrons. The minimum atomic E-state index is 0.499. The number of ether oxygens (including phenoxy) is 1. The number of hydrogen-bond donors (Lipinski definition) is 2. The molecule has 0 fully saturated rings. The van der Waals surface area contributed by atoms with Crippen LogP contribution in [0.1, 0.15) is 11.1 Å². The monoisotopic (exact) mass is 541 g/mol. The van der Waals surface area contributed by atoms with Crippen molar-refractivity contribution in [1.29, 1.82) is 0 Å². The molecule has 0 atom stereocenters. The fourth-order valence-electron chi connectivity index (χ4n) is 4.80. The van der Waals surface area contributed by atoms with E-state index in [1.54, 1.807) is 7.11 Å². The van der Waals surface area contributed by atoms with E-state index in [2.05, 4.69) is 44.9 Å². The van der Waals surface area contributed by atoms with E-state index in [0.717, 1.165) is 76.8 Å². The highest BCUT2D eigenvalue weighted by molar-refractivity contribution is 6.39. The maximum Gasteiger partial charge on any atom is 0.224 e. The predicted octanol–water partition coefficient (Wildman–Crippen LogP) is 6.10. The summed E-state index contributed by atoms with van der Waals surface area (Å²) in [7, 11) is 1.61. The van der Waals surface area contributed by atoms with Gasteiger partial charge in [-0.25, -0.2) is 4.98 Å². The Morgan fingerprint density at radius 3 is 1.84 bits per heavy atom. The van der Waals surface area contributed by atoms with E-state index in [1.807, 2.05) is 48.5 Å². The lowest BCUT2D eigenvalue weighted by molar-refractivity contribution is 0.397. The number of methoxy groups -OCH3 is 1. The first-order chi connectivity index (χ1) is 18.6. The topological polar surface area (TPSA) is 70.9 Å². The van der Waals surface area contributed by atoms with E-state index < -0.39 is 0 Å². The van der Waals surface area contributed by atoms with Crippen molar-refractivity contribution in [3.63, 3.8) is 0 Å². The Balaban J connectivity index is 1.36. The zero-order valence-corrected chi connectivity index (χ0v) is 22.3. The number of aliphatic imine (C=N–C) groups is 2. The number of halogens is 2. The molecule has 6 nitrogen and oxygen atoms in total. The molecule has 4 aromatic rings. The molecule has 2 aliphatic rings. The first kappa shape index (κ1) is 24.5. The minimum absolute atomic E-state index is 0.499. The summed E-state index contributed by atoms with van der Waals surface area (Å²) in [6, 6.07) is 24.1. The number of hydrogen-bond acceptors (Lipinski definition) is 6. The number of amidine groups is 2. The van der Waals surface area contributed by atoms with Gasteiger partial charge in [0, 0.05) is 40.9 Å². The van der Waals surface area contributed by atoms with E-state index in [4.69, 9.17) is 32.9 Å². The largest absolute Gasteiger partial charge is 0.480 e. The van der Waals surface area contributed by atoms with Crippen LogP contribution in [0.2, 0.25) is 10.0 Å². The summed E-state index contributed by atoms with van der Waals surface area (Å²) >= 11 is 14.0. The van der Waals surface area contributed by atoms with E-state index in [9.17, 15) is 0 Å². The van der Waals surface area contributed by atoms with Crippen molar-refractivity contribution in [3.8, 4) is 39.4 Å². The van der Waals surface area contributed by atoms with Crippen LogP contribution in [-0.4, -0.2) is 49.9 Å². The quantitative estimate of drug-likeness (QED) is 0.309. The second kappa shape index (κ2) is 10.5. The molecule has 0 saturated carbocycles. The Kier molecular flexibility index (Phi) is 6.75. The van der Waals surface area contributed by atoms with Gasteiger partial charge in [-0.1, -0.05) is 83.9 Å². The molecule has 6 rings (SSSR count). The number of nitrogens with zero attached hydrogens (tertiary/aromatic N) is 3. The molecule has 0 saturated heterocycles. The fourth-order valence-corrected chi connectivity index (χ4v) is 5.47. The van der Waals surface area contributed by atoms with E-state index in [0.29, 0.717) is 21.6 Å². The molecule has 2 aliphatic heterocycles. The van der Waals surface area contributed by atoms with Gasteiger partial charge in [0.05, 0.1) is 41.5 Å². The number of pyridine rings is 1. The second-order valence-corrected chi connectivity index (χ2v) is 9.74. The van der Waals surface area contributed by atoms with E-state index >= 15 is 0 Å². The van der Waals surface area contributed by atoms with Crippen LogP contribution in [0, 0.1) is 0 Å². The third-order valence-corrected chi connectivity index (χ3v) is 7.50. The van der Waals surface area contributed by atoms with Crippen LogP contribution in [0.25, 0.3) is 33.5 Å². The molecular formula is C30H25Cl2N5O. The molecule has 38 heavy (non-hydrogen) atoms. The zero-order valence-electron chi connectivity index (χ0n) is 20.8. The third kappa shape index (κ3) is 4.51. The highest BCUT2D eigenvalue weighted by Crippen LogP contribution is 2.42. The van der Waals surface area contributed by atoms with Gasteiger partial charge in [0.25, 0.3) is 0 Å². The minimum Gasteiger partial charge on any atom is -0.480 e. The first-order valence-corrected chi connectivity index (χ1v) is 13.2. The average Bonchev–Trinajstić information content (AvgIpc) is 3.69. The molecule has 0 bridgehead atoms. The molecule has 2 N–H and O–H groups in total. The molecule has 1 aromatic heterocycles. The van der Waals surface area contributed by atoms with Crippen LogP contribution in [0.15, 0.2) is 82.8 Å². The first-order valence-electron chi connectivity index (χ1n) is 12.4. The normalized spacial score (nSPS) is 14.5. The van der Waals surface area contributed by atoms with E-state index in [-0.39, 0.29) is 0 Å². The van der Waals surface area contributed by atoms with Crippen molar-refractivity contribution in [2.45, 2.75) is 0 Å². The maximum absolute atomic E-state index is 7.01. The van der Waals surface area contributed by atoms with Crippen LogP contribution in [-0.2, 0) is 0 Å². The molecule has 3 aromatic carbocycles. The van der Waals surface area contributed by atoms with Crippen LogP contribution in [0.3, 0.4) is 0 Å². The predicted molar refractivity (Wildman–Crippen MR) is 156 cm³/mol. The molecule has 8 heteroatoms. The van der Waals surface area contributed by atoms with Crippen molar-refractivity contribution in [2.75, 3.05) is 33.3 Å². The Morgan fingerprint density at radius 2 is 1.21 bits per heavy atom. The highest BCUT2D eigenvalue weighted by atomic mass is 35.5. The second-order valence-electron chi connectivity index (χ2n) is 8.98. The fraction of sp³-hybridized carbons (Fsp3) is 0.167. The Labute approximate surface area is 231 Å². The Hall–Kier alpha value is -3.87. The van der Waals surface area contributed by atoms with Crippen LogP contribution in [0.4, 0.5) is 0 Å². The van der Waals surface area contributed by atoms with E-state index in [1.165, 1.54) is 0 Å². The molecule has 3 heterocycles. The van der Waals surface area contributed by atoms with Crippen LogP contribution in [0.5, 0.6) is 5.88 Å². The molecule has 0 spiro atoms. The van der Waals surface area contributed by atoms with Gasteiger partial charge in [-0.05, 0) is 17.7 Å². The highest BCUT2D eigenvalue weighted by Gasteiger charge is 2.19. The molecule has 0 radical (unpaired) electrons. The number of benzene rings is 3. The lowest BCUT2D eigenvalue weighted by atomic mass is 9.96. The summed E-state index contributed by atoms with van der Waals surface area (Å²) in [6.07, 6.45) is 0. The summed E-state index contributed by atoms with van der Waals surface area (Å²) in [5.41, 5.74) is 7.06. The SMILES string of the molecule is COc1nc(-c2cccc(-c3cccc(-c4ccc(C5=NCCN5)cc4)c3Cl)c2Cl)ccc1C1=NCCN1. The van der Waals surface area contributed by atoms with Gasteiger partial charge in [-0.2, -0.15) is 0 Å². The molecule has 0 aliphatic carbocycles. The summed E-state index contributed by atoms with van der Waals surface area (Å²) < 4.78 is 5.59. The van der Waals surface area contributed by atoms with Crippen molar-refractivity contribution in [3.05, 3.63) is 94.0 Å². The van der Waals surface area contributed by atoms with Gasteiger partial charge in [-0.15, -0.1) is 0 Å². The molecule has 0 unspecified atom stereocenters. The molecule has 0 amide bonds. The van der Waals surface area contributed by atoms with Gasteiger partial charge < -0.3 is 15.4 Å². The number of aromatic nitrogens is 1. The van der Waals surface area contributed by atoms with Gasteiger partial charge >= 0.3 is 0 Å². The Bertz CT molecular complexity index is 1580. The number of nitrogens with one attached hydrogen (secondary N) is 2. The van der Waals surface area contributed by atoms with Crippen molar-refractivity contribution >= 4 is 34.9 Å². The summed E-state index contributed by atoms with van der Waals surface area (Å²) in [5, 5.41) is 7.80. The van der Waals surface area contributed by atoms with Gasteiger partial charge in [0.1, 0.15) is 11.7 Å². The van der Waals surface area contributed by atoms with Crippen LogP contribution < -0.4 is 15.4 Å². The summed E-state index contributed by atoms with van der Waals surface area (Å²) in [6.45, 7) is 3.24. The average molecular weight is 542 g/mol. The Morgan fingerprint density at radius 1 is 0.632 bits per heavy atom. The van der Waals surface area contributed by atoms with Crippen molar-refractivity contribution in [1.82, 2.24) is 15.6 Å². The van der Waals surface area contributed by atoms with Crippen LogP contribution >= 0.6 is 23.2 Å². The zero-order chi connectivity index (χ0) is 26.1. The third-order valence-electron chi connectivity index (χ3n) is 6.69. The molecular weight excluding hydrogens is 517 g/mol. The lowest BCUT2D eigenvalue weighted by Crippen LogP contribution is -2.20. The summed E-state index contributed by atoms with van der Waals surface area (Å²) in [5.74, 6) is 2.23. The standard InChI is InChI=1S/C30H25Cl2N5O/c1-38-30-24(29-35-16-17-36-29)12-13-25(37-30)23-7-3-6-22(27(23)32)21-5-2-4-20(26(21)31)18-8-10-19(11-9-18)28-33-14-15-34-28/h2-13H,14-17H2,1H3,(H,33,34)(H,35,36). The van der Waals surface area contributed by atoms with Crippen molar-refractivity contribution in [2.24, 2.45) is 9.98 Å². The summed E-state index contributed by atoms with van der Waals surface area (Å²) in [4.78, 5) is 13.7. The lowest BCUT2D eigenvalue weighted by Gasteiger charge is -2.15.